The number of aryl methyl sites for hydroxylation is 2. The van der Waals surface area contributed by atoms with E-state index < -0.39 is 0 Å². The zero-order valence-electron chi connectivity index (χ0n) is 12.0. The van der Waals surface area contributed by atoms with E-state index in [4.69, 9.17) is 9.47 Å². The molecule has 0 aliphatic rings. The van der Waals surface area contributed by atoms with E-state index in [0.29, 0.717) is 17.1 Å². The molecule has 0 aliphatic carbocycles. The first-order valence-electron chi connectivity index (χ1n) is 6.24. The number of hydrogen-bond donors (Lipinski definition) is 0. The lowest BCUT2D eigenvalue weighted by Crippen LogP contribution is -2.06. The Labute approximate surface area is 122 Å². The lowest BCUT2D eigenvalue weighted by molar-refractivity contribution is 0.0989. The molecule has 106 valence electrons. The predicted octanol–water partition coefficient (Wildman–Crippen LogP) is 3.20. The highest BCUT2D eigenvalue weighted by molar-refractivity contribution is 7.11. The number of hydrogen-bond acceptors (Lipinski definition) is 5. The van der Waals surface area contributed by atoms with Crippen LogP contribution in [0.2, 0.25) is 0 Å². The van der Waals surface area contributed by atoms with Gasteiger partial charge in [0, 0.05) is 4.88 Å². The predicted molar refractivity (Wildman–Crippen MR) is 79.2 cm³/mol. The van der Waals surface area contributed by atoms with Gasteiger partial charge in [-0.25, -0.2) is 4.98 Å². The van der Waals surface area contributed by atoms with Crippen LogP contribution >= 0.6 is 11.3 Å². The van der Waals surface area contributed by atoms with Crippen molar-refractivity contribution < 1.29 is 14.3 Å². The maximum absolute atomic E-state index is 12.4. The second-order valence-electron chi connectivity index (χ2n) is 4.39. The van der Waals surface area contributed by atoms with Crippen molar-refractivity contribution in [3.05, 3.63) is 39.3 Å². The zero-order valence-corrected chi connectivity index (χ0v) is 12.8. The molecule has 0 atom stereocenters. The van der Waals surface area contributed by atoms with E-state index in [9.17, 15) is 4.79 Å². The molecule has 0 unspecified atom stereocenters. The number of thiazole rings is 1. The van der Waals surface area contributed by atoms with Crippen LogP contribution in [0.5, 0.6) is 11.5 Å². The highest BCUT2D eigenvalue weighted by atomic mass is 32.1. The molecule has 4 nitrogen and oxygen atoms in total. The maximum atomic E-state index is 12.4. The molecular weight excluding hydrogens is 274 g/mol. The maximum Gasteiger partial charge on any atom is 0.173 e. The highest BCUT2D eigenvalue weighted by Gasteiger charge is 2.18. The molecule has 1 heterocycles. The summed E-state index contributed by atoms with van der Waals surface area (Å²) in [6.45, 7) is 3.96. The molecule has 0 spiro atoms. The molecule has 0 amide bonds. The van der Waals surface area contributed by atoms with E-state index in [-0.39, 0.29) is 12.2 Å². The van der Waals surface area contributed by atoms with Crippen molar-refractivity contribution in [3.8, 4) is 11.5 Å². The van der Waals surface area contributed by atoms with Gasteiger partial charge in [-0.05, 0) is 26.0 Å². The van der Waals surface area contributed by atoms with Gasteiger partial charge in [-0.15, -0.1) is 11.3 Å². The molecule has 2 aromatic rings. The summed E-state index contributed by atoms with van der Waals surface area (Å²) in [5, 5.41) is 0.829. The topological polar surface area (TPSA) is 48.4 Å². The van der Waals surface area contributed by atoms with E-state index >= 15 is 0 Å². The van der Waals surface area contributed by atoms with E-state index in [0.717, 1.165) is 15.6 Å². The summed E-state index contributed by atoms with van der Waals surface area (Å²) < 4.78 is 10.5. The quantitative estimate of drug-likeness (QED) is 0.794. The first-order chi connectivity index (χ1) is 9.56. The summed E-state index contributed by atoms with van der Waals surface area (Å²) in [7, 11) is 3.09. The smallest absolute Gasteiger partial charge is 0.173 e. The fraction of sp³-hybridized carbons (Fsp3) is 0.333. The molecule has 0 fully saturated rings. The van der Waals surface area contributed by atoms with E-state index in [1.54, 1.807) is 36.6 Å². The minimum absolute atomic E-state index is 0.0190. The molecule has 0 N–H and O–H groups in total. The Hall–Kier alpha value is -1.88. The number of ether oxygens (including phenoxy) is 2. The van der Waals surface area contributed by atoms with Crippen LogP contribution in [0.25, 0.3) is 0 Å². The van der Waals surface area contributed by atoms with Crippen molar-refractivity contribution in [1.29, 1.82) is 0 Å². The fourth-order valence-electron chi connectivity index (χ4n) is 1.95. The number of para-hydroxylation sites is 1. The summed E-state index contributed by atoms with van der Waals surface area (Å²) in [6, 6.07) is 5.30. The Morgan fingerprint density at radius 3 is 2.55 bits per heavy atom. The number of rotatable bonds is 5. The molecule has 0 bridgehead atoms. The van der Waals surface area contributed by atoms with Gasteiger partial charge in [-0.2, -0.15) is 0 Å². The number of ketones is 1. The van der Waals surface area contributed by atoms with Gasteiger partial charge in [0.25, 0.3) is 0 Å². The van der Waals surface area contributed by atoms with Crippen molar-refractivity contribution in [2.24, 2.45) is 0 Å². The molecule has 5 heteroatoms. The minimum atomic E-state index is -0.0190. The van der Waals surface area contributed by atoms with Crippen LogP contribution < -0.4 is 9.47 Å². The molecule has 2 rings (SSSR count). The molecule has 0 radical (unpaired) electrons. The van der Waals surface area contributed by atoms with Gasteiger partial charge in [0.1, 0.15) is 5.01 Å². The number of aromatic nitrogens is 1. The third-order valence-electron chi connectivity index (χ3n) is 3.09. The second kappa shape index (κ2) is 6.05. The Balaban J connectivity index is 2.29. The number of carbonyl (C=O) groups is 1. The SMILES string of the molecule is COc1cccc(C(=O)Cc2nc(C)c(C)s2)c1OC. The summed E-state index contributed by atoms with van der Waals surface area (Å²) in [6.07, 6.45) is 0.281. The van der Waals surface area contributed by atoms with Crippen molar-refractivity contribution in [1.82, 2.24) is 4.98 Å². The first kappa shape index (κ1) is 14.5. The summed E-state index contributed by atoms with van der Waals surface area (Å²) in [4.78, 5) is 18.0. The van der Waals surface area contributed by atoms with Gasteiger partial charge in [0.15, 0.2) is 17.3 Å². The molecule has 1 aromatic heterocycles. The van der Waals surface area contributed by atoms with Crippen LogP contribution in [0.4, 0.5) is 0 Å². The third-order valence-corrected chi connectivity index (χ3v) is 4.16. The van der Waals surface area contributed by atoms with Crippen molar-refractivity contribution in [2.45, 2.75) is 20.3 Å². The van der Waals surface area contributed by atoms with Crippen LogP contribution in [-0.4, -0.2) is 25.0 Å². The van der Waals surface area contributed by atoms with Crippen LogP contribution in [-0.2, 0) is 6.42 Å². The highest BCUT2D eigenvalue weighted by Crippen LogP contribution is 2.31. The molecule has 0 saturated carbocycles. The third kappa shape index (κ3) is 2.82. The minimum Gasteiger partial charge on any atom is -0.493 e. The lowest BCUT2D eigenvalue weighted by Gasteiger charge is -2.11. The molecule has 1 aromatic carbocycles. The van der Waals surface area contributed by atoms with Gasteiger partial charge >= 0.3 is 0 Å². The van der Waals surface area contributed by atoms with E-state index in [2.05, 4.69) is 4.98 Å². The Morgan fingerprint density at radius 1 is 1.25 bits per heavy atom. The van der Waals surface area contributed by atoms with Gasteiger partial charge in [-0.3, -0.25) is 4.79 Å². The largest absolute Gasteiger partial charge is 0.493 e. The van der Waals surface area contributed by atoms with Crippen LogP contribution in [0.15, 0.2) is 18.2 Å². The number of benzene rings is 1. The van der Waals surface area contributed by atoms with Crippen LogP contribution in [0.1, 0.15) is 25.9 Å². The average Bonchev–Trinajstić information content (AvgIpc) is 2.76. The van der Waals surface area contributed by atoms with Crippen molar-refractivity contribution >= 4 is 17.1 Å². The van der Waals surface area contributed by atoms with E-state index in [1.807, 2.05) is 13.8 Å². The van der Waals surface area contributed by atoms with Gasteiger partial charge in [0.05, 0.1) is 31.9 Å². The zero-order chi connectivity index (χ0) is 14.7. The van der Waals surface area contributed by atoms with Crippen molar-refractivity contribution in [3.63, 3.8) is 0 Å². The first-order valence-corrected chi connectivity index (χ1v) is 7.05. The Morgan fingerprint density at radius 2 is 2.00 bits per heavy atom. The van der Waals surface area contributed by atoms with Gasteiger partial charge in [-0.1, -0.05) is 6.07 Å². The summed E-state index contributed by atoms with van der Waals surface area (Å²) >= 11 is 1.56. The lowest BCUT2D eigenvalue weighted by atomic mass is 10.1. The number of methoxy groups -OCH3 is 2. The normalized spacial score (nSPS) is 10.4. The molecule has 20 heavy (non-hydrogen) atoms. The average molecular weight is 291 g/mol. The molecule has 0 aliphatic heterocycles. The molecule has 0 saturated heterocycles. The van der Waals surface area contributed by atoms with Gasteiger partial charge < -0.3 is 9.47 Å². The second-order valence-corrected chi connectivity index (χ2v) is 5.68. The summed E-state index contributed by atoms with van der Waals surface area (Å²) in [5.41, 5.74) is 1.51. The Bertz CT molecular complexity index is 615. The Kier molecular flexibility index (Phi) is 4.39. The monoisotopic (exact) mass is 291 g/mol. The van der Waals surface area contributed by atoms with Crippen LogP contribution in [0, 0.1) is 13.8 Å². The van der Waals surface area contributed by atoms with Crippen molar-refractivity contribution in [2.75, 3.05) is 14.2 Å². The summed E-state index contributed by atoms with van der Waals surface area (Å²) in [5.74, 6) is 1.02. The van der Waals surface area contributed by atoms with Crippen LogP contribution in [0.3, 0.4) is 0 Å². The van der Waals surface area contributed by atoms with Gasteiger partial charge in [0.2, 0.25) is 0 Å². The molecular formula is C15H17NO3S. The number of Topliss-reactive ketones (excluding diaryl/α,β-unsaturated/α-hetero) is 1. The number of nitrogens with zero attached hydrogens (tertiary/aromatic N) is 1. The standard InChI is InChI=1S/C15H17NO3S/c1-9-10(2)20-14(16-9)8-12(17)11-6-5-7-13(18-3)15(11)19-4/h5-7H,8H2,1-4H3. The van der Waals surface area contributed by atoms with E-state index in [1.165, 1.54) is 7.11 Å². The fourth-order valence-corrected chi connectivity index (χ4v) is 2.89. The number of carbonyl (C=O) groups excluding carboxylic acids is 1.